The zero-order valence-corrected chi connectivity index (χ0v) is 14.0. The van der Waals surface area contributed by atoms with Gasteiger partial charge in [0.25, 0.3) is 11.6 Å². The first-order valence-electron chi connectivity index (χ1n) is 7.29. The van der Waals surface area contributed by atoms with E-state index in [9.17, 15) is 4.79 Å². The van der Waals surface area contributed by atoms with Gasteiger partial charge in [0.2, 0.25) is 0 Å². The third-order valence-corrected chi connectivity index (χ3v) is 3.39. The SMILES string of the molecule is Cc1noc2nc(C(C)C)cc(C(=O)NCCCCN)c12.Cl. The third kappa shape index (κ3) is 3.96. The van der Waals surface area contributed by atoms with Gasteiger partial charge >= 0.3 is 0 Å². The van der Waals surface area contributed by atoms with Crippen LogP contribution < -0.4 is 11.1 Å². The standard InChI is InChI=1S/C15H22N4O2.ClH/c1-9(2)12-8-11(14(20)17-7-5-4-6-16)13-10(3)19-21-15(13)18-12;/h8-9H,4-7,16H2,1-3H3,(H,17,20);1H. The van der Waals surface area contributed by atoms with Gasteiger partial charge in [-0.15, -0.1) is 12.4 Å². The number of fused-ring (bicyclic) bond motifs is 1. The van der Waals surface area contributed by atoms with Crippen molar-refractivity contribution in [1.82, 2.24) is 15.5 Å². The van der Waals surface area contributed by atoms with Gasteiger partial charge in [0.05, 0.1) is 16.6 Å². The normalized spacial score (nSPS) is 10.8. The lowest BCUT2D eigenvalue weighted by molar-refractivity contribution is 0.0954. The number of unbranched alkanes of at least 4 members (excludes halogenated alkanes) is 1. The number of rotatable bonds is 6. The molecule has 2 aromatic rings. The fraction of sp³-hybridized carbons (Fsp3) is 0.533. The quantitative estimate of drug-likeness (QED) is 0.795. The minimum atomic E-state index is -0.118. The summed E-state index contributed by atoms with van der Waals surface area (Å²) in [5.41, 5.74) is 7.95. The average Bonchev–Trinajstić information content (AvgIpc) is 2.84. The Balaban J connectivity index is 0.00000242. The minimum absolute atomic E-state index is 0. The second-order valence-corrected chi connectivity index (χ2v) is 5.45. The lowest BCUT2D eigenvalue weighted by atomic mass is 10.0. The zero-order chi connectivity index (χ0) is 15.4. The van der Waals surface area contributed by atoms with Crippen molar-refractivity contribution in [3.05, 3.63) is 23.0 Å². The summed E-state index contributed by atoms with van der Waals surface area (Å²) in [6, 6.07) is 1.83. The first-order valence-corrected chi connectivity index (χ1v) is 7.29. The number of hydrogen-bond donors (Lipinski definition) is 2. The van der Waals surface area contributed by atoms with Gasteiger partial charge in [0.15, 0.2) is 0 Å². The van der Waals surface area contributed by atoms with E-state index in [4.69, 9.17) is 10.3 Å². The molecule has 0 bridgehead atoms. The maximum absolute atomic E-state index is 12.4. The summed E-state index contributed by atoms with van der Waals surface area (Å²) in [4.78, 5) is 16.8. The van der Waals surface area contributed by atoms with Crippen molar-refractivity contribution in [2.75, 3.05) is 13.1 Å². The molecule has 0 atom stereocenters. The van der Waals surface area contributed by atoms with Crippen molar-refractivity contribution < 1.29 is 9.32 Å². The first-order chi connectivity index (χ1) is 10.0. The van der Waals surface area contributed by atoms with Crippen molar-refractivity contribution in [2.45, 2.75) is 39.5 Å². The summed E-state index contributed by atoms with van der Waals surface area (Å²) in [5.74, 6) is 0.0937. The van der Waals surface area contributed by atoms with Gasteiger partial charge < -0.3 is 15.6 Å². The van der Waals surface area contributed by atoms with Crippen LogP contribution in [0.4, 0.5) is 0 Å². The molecular formula is C15H23ClN4O2. The van der Waals surface area contributed by atoms with Crippen LogP contribution in [0.3, 0.4) is 0 Å². The fourth-order valence-electron chi connectivity index (χ4n) is 2.16. The summed E-state index contributed by atoms with van der Waals surface area (Å²) >= 11 is 0. The van der Waals surface area contributed by atoms with E-state index in [1.807, 2.05) is 26.8 Å². The Bertz CT molecular complexity index is 640. The van der Waals surface area contributed by atoms with Crippen LogP contribution in [0.25, 0.3) is 11.1 Å². The summed E-state index contributed by atoms with van der Waals surface area (Å²) in [6.45, 7) is 7.12. The lowest BCUT2D eigenvalue weighted by Gasteiger charge is -2.09. The Morgan fingerprint density at radius 2 is 2.14 bits per heavy atom. The molecule has 3 N–H and O–H groups in total. The number of aryl methyl sites for hydroxylation is 1. The number of pyridine rings is 1. The monoisotopic (exact) mass is 326 g/mol. The number of nitrogens with two attached hydrogens (primary N) is 1. The van der Waals surface area contributed by atoms with E-state index in [2.05, 4.69) is 15.5 Å². The summed E-state index contributed by atoms with van der Waals surface area (Å²) in [7, 11) is 0. The number of hydrogen-bond acceptors (Lipinski definition) is 5. The smallest absolute Gasteiger partial charge is 0.259 e. The lowest BCUT2D eigenvalue weighted by Crippen LogP contribution is -2.25. The highest BCUT2D eigenvalue weighted by molar-refractivity contribution is 6.06. The van der Waals surface area contributed by atoms with Crippen molar-refractivity contribution in [3.63, 3.8) is 0 Å². The van der Waals surface area contributed by atoms with Gasteiger partial charge in [-0.05, 0) is 38.3 Å². The molecule has 7 heteroatoms. The maximum Gasteiger partial charge on any atom is 0.259 e. The van der Waals surface area contributed by atoms with Crippen LogP contribution in [-0.4, -0.2) is 29.1 Å². The molecule has 0 aliphatic rings. The highest BCUT2D eigenvalue weighted by Crippen LogP contribution is 2.24. The van der Waals surface area contributed by atoms with Gasteiger partial charge in [-0.25, -0.2) is 4.98 Å². The Hall–Kier alpha value is -1.66. The van der Waals surface area contributed by atoms with Crippen molar-refractivity contribution in [1.29, 1.82) is 0 Å². The van der Waals surface area contributed by atoms with Gasteiger partial charge in [-0.1, -0.05) is 19.0 Å². The van der Waals surface area contributed by atoms with E-state index < -0.39 is 0 Å². The molecule has 122 valence electrons. The molecule has 0 unspecified atom stereocenters. The molecule has 6 nitrogen and oxygen atoms in total. The number of aromatic nitrogens is 2. The van der Waals surface area contributed by atoms with E-state index in [1.165, 1.54) is 0 Å². The molecule has 0 fully saturated rings. The highest BCUT2D eigenvalue weighted by atomic mass is 35.5. The topological polar surface area (TPSA) is 94.0 Å². The number of nitrogens with one attached hydrogen (secondary N) is 1. The first kappa shape index (κ1) is 18.4. The average molecular weight is 327 g/mol. The van der Waals surface area contributed by atoms with E-state index in [-0.39, 0.29) is 24.2 Å². The molecule has 0 radical (unpaired) electrons. The number of carbonyl (C=O) groups excluding carboxylic acids is 1. The number of nitrogens with zero attached hydrogens (tertiary/aromatic N) is 2. The molecule has 0 spiro atoms. The van der Waals surface area contributed by atoms with Crippen LogP contribution >= 0.6 is 12.4 Å². The van der Waals surface area contributed by atoms with Crippen molar-refractivity contribution in [3.8, 4) is 0 Å². The second kappa shape index (κ2) is 8.10. The van der Waals surface area contributed by atoms with E-state index in [0.717, 1.165) is 18.5 Å². The number of amides is 1. The summed E-state index contributed by atoms with van der Waals surface area (Å²) in [6.07, 6.45) is 1.77. The van der Waals surface area contributed by atoms with E-state index >= 15 is 0 Å². The van der Waals surface area contributed by atoms with Crippen LogP contribution in [0, 0.1) is 6.92 Å². The van der Waals surface area contributed by atoms with Crippen molar-refractivity contribution >= 4 is 29.4 Å². The van der Waals surface area contributed by atoms with Gasteiger partial charge in [0.1, 0.15) is 0 Å². The molecule has 0 aliphatic carbocycles. The second-order valence-electron chi connectivity index (χ2n) is 5.45. The van der Waals surface area contributed by atoms with Crippen LogP contribution in [-0.2, 0) is 0 Å². The minimum Gasteiger partial charge on any atom is -0.352 e. The molecular weight excluding hydrogens is 304 g/mol. The Morgan fingerprint density at radius 1 is 1.41 bits per heavy atom. The van der Waals surface area contributed by atoms with Crippen LogP contribution in [0.1, 0.15) is 54.4 Å². The van der Waals surface area contributed by atoms with Gasteiger partial charge in [-0.3, -0.25) is 4.79 Å². The Kier molecular flexibility index (Phi) is 6.77. The fourth-order valence-corrected chi connectivity index (χ4v) is 2.16. The largest absolute Gasteiger partial charge is 0.352 e. The molecule has 0 saturated heterocycles. The molecule has 22 heavy (non-hydrogen) atoms. The zero-order valence-electron chi connectivity index (χ0n) is 13.2. The van der Waals surface area contributed by atoms with E-state index in [1.54, 1.807) is 0 Å². The molecule has 2 aromatic heterocycles. The highest BCUT2D eigenvalue weighted by Gasteiger charge is 2.19. The molecule has 0 aromatic carbocycles. The molecule has 0 aliphatic heterocycles. The number of carbonyl (C=O) groups is 1. The molecule has 2 rings (SSSR count). The van der Waals surface area contributed by atoms with Crippen LogP contribution in [0.15, 0.2) is 10.6 Å². The summed E-state index contributed by atoms with van der Waals surface area (Å²) in [5, 5.41) is 7.52. The molecule has 0 saturated carbocycles. The predicted molar refractivity (Wildman–Crippen MR) is 88.5 cm³/mol. The van der Waals surface area contributed by atoms with Crippen LogP contribution in [0.5, 0.6) is 0 Å². The van der Waals surface area contributed by atoms with Gasteiger partial charge in [0, 0.05) is 12.2 Å². The maximum atomic E-state index is 12.4. The molecule has 1 amide bonds. The van der Waals surface area contributed by atoms with Crippen molar-refractivity contribution in [2.24, 2.45) is 5.73 Å². The molecule has 2 heterocycles. The van der Waals surface area contributed by atoms with E-state index in [0.29, 0.717) is 35.4 Å². The van der Waals surface area contributed by atoms with Gasteiger partial charge in [-0.2, -0.15) is 0 Å². The summed E-state index contributed by atoms with van der Waals surface area (Å²) < 4.78 is 5.22. The Labute approximate surface area is 136 Å². The van der Waals surface area contributed by atoms with Crippen LogP contribution in [0.2, 0.25) is 0 Å². The third-order valence-electron chi connectivity index (χ3n) is 3.39. The Morgan fingerprint density at radius 3 is 2.77 bits per heavy atom. The number of halogens is 1. The predicted octanol–water partition coefficient (Wildman–Crippen LogP) is 2.55.